The van der Waals surface area contributed by atoms with Crippen molar-refractivity contribution < 1.29 is 8.78 Å². The van der Waals surface area contributed by atoms with Crippen LogP contribution < -0.4 is 0 Å². The summed E-state index contributed by atoms with van der Waals surface area (Å²) in [6.45, 7) is 2.55. The van der Waals surface area contributed by atoms with Crippen LogP contribution in [0.4, 0.5) is 8.78 Å². The number of nitrogens with zero attached hydrogens (tertiary/aromatic N) is 1. The highest BCUT2D eigenvalue weighted by atomic mass is 19.1. The molecule has 0 N–H and O–H groups in total. The van der Waals surface area contributed by atoms with Gasteiger partial charge >= 0.3 is 0 Å². The largest absolute Gasteiger partial charge is 0.336 e. The summed E-state index contributed by atoms with van der Waals surface area (Å²) >= 11 is 0. The zero-order chi connectivity index (χ0) is 16.0. The summed E-state index contributed by atoms with van der Waals surface area (Å²) in [4.78, 5) is 0. The van der Waals surface area contributed by atoms with Crippen LogP contribution in [0.25, 0.3) is 21.8 Å². The zero-order valence-corrected chi connectivity index (χ0v) is 12.7. The van der Waals surface area contributed by atoms with Gasteiger partial charge in [0.25, 0.3) is 0 Å². The normalized spacial score (nSPS) is 11.4. The van der Waals surface area contributed by atoms with Gasteiger partial charge in [-0.15, -0.1) is 0 Å². The fourth-order valence-electron chi connectivity index (χ4n) is 3.19. The van der Waals surface area contributed by atoms with Crippen LogP contribution >= 0.6 is 0 Å². The van der Waals surface area contributed by atoms with Gasteiger partial charge in [0.05, 0.1) is 5.52 Å². The third-order valence-electron chi connectivity index (χ3n) is 4.22. The van der Waals surface area contributed by atoms with E-state index in [4.69, 9.17) is 0 Å². The highest BCUT2D eigenvalue weighted by molar-refractivity contribution is 6.08. The average Bonchev–Trinajstić information content (AvgIpc) is 2.82. The van der Waals surface area contributed by atoms with Crippen molar-refractivity contribution in [2.24, 2.45) is 0 Å². The Bertz CT molecular complexity index is 1020. The Morgan fingerprint density at radius 3 is 2.43 bits per heavy atom. The molecule has 0 saturated carbocycles. The molecule has 0 radical (unpaired) electrons. The lowest BCUT2D eigenvalue weighted by Crippen LogP contribution is -1.99. The SMILES string of the molecule is Cc1ccc2c(c1)c1c(F)cc(F)cc1n2Cc1ccccc1. The van der Waals surface area contributed by atoms with Gasteiger partial charge in [-0.1, -0.05) is 42.0 Å². The van der Waals surface area contributed by atoms with Gasteiger partial charge in [-0.25, -0.2) is 8.78 Å². The lowest BCUT2D eigenvalue weighted by atomic mass is 10.1. The molecule has 0 aliphatic heterocycles. The average molecular weight is 307 g/mol. The maximum absolute atomic E-state index is 14.4. The highest BCUT2D eigenvalue weighted by Gasteiger charge is 2.16. The molecule has 0 bridgehead atoms. The van der Waals surface area contributed by atoms with Gasteiger partial charge in [0.1, 0.15) is 11.6 Å². The number of halogens is 2. The van der Waals surface area contributed by atoms with Crippen LogP contribution in [0.1, 0.15) is 11.1 Å². The molecule has 0 amide bonds. The Morgan fingerprint density at radius 1 is 0.870 bits per heavy atom. The smallest absolute Gasteiger partial charge is 0.136 e. The van der Waals surface area contributed by atoms with E-state index in [1.165, 1.54) is 6.07 Å². The first-order chi connectivity index (χ1) is 11.1. The number of aryl methyl sites for hydroxylation is 1. The minimum Gasteiger partial charge on any atom is -0.336 e. The molecule has 1 nitrogen and oxygen atoms in total. The molecule has 1 aromatic heterocycles. The van der Waals surface area contributed by atoms with Gasteiger partial charge in [0, 0.05) is 28.9 Å². The van der Waals surface area contributed by atoms with E-state index in [-0.39, 0.29) is 0 Å². The molecule has 0 aliphatic carbocycles. The van der Waals surface area contributed by atoms with E-state index in [1.807, 2.05) is 60.0 Å². The van der Waals surface area contributed by atoms with Crippen molar-refractivity contribution in [3.8, 4) is 0 Å². The fraction of sp³-hybridized carbons (Fsp3) is 0.100. The van der Waals surface area contributed by atoms with Crippen molar-refractivity contribution in [3.63, 3.8) is 0 Å². The zero-order valence-electron chi connectivity index (χ0n) is 12.7. The van der Waals surface area contributed by atoms with Gasteiger partial charge in [-0.3, -0.25) is 0 Å². The van der Waals surface area contributed by atoms with Crippen LogP contribution in [0.5, 0.6) is 0 Å². The van der Waals surface area contributed by atoms with Crippen LogP contribution in [0.15, 0.2) is 60.7 Å². The van der Waals surface area contributed by atoms with Crippen molar-refractivity contribution in [2.75, 3.05) is 0 Å². The third kappa shape index (κ3) is 2.29. The van der Waals surface area contributed by atoms with E-state index >= 15 is 0 Å². The van der Waals surface area contributed by atoms with Crippen LogP contribution in [-0.4, -0.2) is 4.57 Å². The predicted molar refractivity (Wildman–Crippen MR) is 89.6 cm³/mol. The molecule has 0 spiro atoms. The Balaban J connectivity index is 2.07. The minimum atomic E-state index is -0.552. The van der Waals surface area contributed by atoms with Crippen molar-refractivity contribution in [3.05, 3.63) is 83.4 Å². The summed E-state index contributed by atoms with van der Waals surface area (Å²) in [5, 5.41) is 1.31. The Labute approximate surface area is 132 Å². The van der Waals surface area contributed by atoms with Crippen LogP contribution in [-0.2, 0) is 6.54 Å². The van der Waals surface area contributed by atoms with Crippen LogP contribution in [0.2, 0.25) is 0 Å². The molecule has 3 aromatic carbocycles. The van der Waals surface area contributed by atoms with Crippen LogP contribution in [0, 0.1) is 18.6 Å². The van der Waals surface area contributed by atoms with Crippen molar-refractivity contribution in [1.29, 1.82) is 0 Å². The van der Waals surface area contributed by atoms with Crippen molar-refractivity contribution >= 4 is 21.8 Å². The molecule has 0 fully saturated rings. The topological polar surface area (TPSA) is 4.93 Å². The van der Waals surface area contributed by atoms with E-state index in [0.29, 0.717) is 17.4 Å². The molecule has 4 aromatic rings. The number of benzene rings is 3. The molecule has 0 saturated heterocycles. The molecule has 0 atom stereocenters. The Morgan fingerprint density at radius 2 is 1.65 bits per heavy atom. The summed E-state index contributed by atoms with van der Waals surface area (Å²) in [7, 11) is 0. The maximum atomic E-state index is 14.4. The van der Waals surface area contributed by atoms with E-state index < -0.39 is 11.6 Å². The fourth-order valence-corrected chi connectivity index (χ4v) is 3.19. The molecule has 3 heteroatoms. The predicted octanol–water partition coefficient (Wildman–Crippen LogP) is 5.43. The second kappa shape index (κ2) is 5.20. The molecule has 4 rings (SSSR count). The van der Waals surface area contributed by atoms with E-state index in [2.05, 4.69) is 0 Å². The number of hydrogen-bond donors (Lipinski definition) is 0. The Hall–Kier alpha value is -2.68. The minimum absolute atomic E-state index is 0.487. The van der Waals surface area contributed by atoms with Gasteiger partial charge < -0.3 is 4.57 Å². The molecule has 0 unspecified atom stereocenters. The van der Waals surface area contributed by atoms with Crippen molar-refractivity contribution in [2.45, 2.75) is 13.5 Å². The summed E-state index contributed by atoms with van der Waals surface area (Å²) in [5.74, 6) is -1.06. The number of hydrogen-bond acceptors (Lipinski definition) is 0. The molecular weight excluding hydrogens is 292 g/mol. The lowest BCUT2D eigenvalue weighted by molar-refractivity contribution is 0.591. The lowest BCUT2D eigenvalue weighted by Gasteiger charge is -2.08. The highest BCUT2D eigenvalue weighted by Crippen LogP contribution is 2.33. The first-order valence-corrected chi connectivity index (χ1v) is 7.55. The molecule has 1 heterocycles. The standard InChI is InChI=1S/C20H15F2N/c1-13-7-8-18-16(9-13)20-17(22)10-15(21)11-19(20)23(18)12-14-5-3-2-4-6-14/h2-11H,12H2,1H3. The molecule has 0 aliphatic rings. The number of aromatic nitrogens is 1. The van der Waals surface area contributed by atoms with Crippen molar-refractivity contribution in [1.82, 2.24) is 4.57 Å². The van der Waals surface area contributed by atoms with Crippen LogP contribution in [0.3, 0.4) is 0 Å². The molecule has 114 valence electrons. The van der Waals surface area contributed by atoms with Gasteiger partial charge in [-0.2, -0.15) is 0 Å². The second-order valence-electron chi connectivity index (χ2n) is 5.87. The number of rotatable bonds is 2. The molecule has 23 heavy (non-hydrogen) atoms. The quantitative estimate of drug-likeness (QED) is 0.465. The first-order valence-electron chi connectivity index (χ1n) is 7.55. The van der Waals surface area contributed by atoms with Gasteiger partial charge in [0.15, 0.2) is 0 Å². The van der Waals surface area contributed by atoms with E-state index in [0.717, 1.165) is 28.1 Å². The summed E-state index contributed by atoms with van der Waals surface area (Å²) in [5.41, 5.74) is 3.66. The maximum Gasteiger partial charge on any atom is 0.136 e. The third-order valence-corrected chi connectivity index (χ3v) is 4.22. The number of fused-ring (bicyclic) bond motifs is 3. The van der Waals surface area contributed by atoms with Gasteiger partial charge in [0.2, 0.25) is 0 Å². The summed E-state index contributed by atoms with van der Waals surface area (Å²) in [6.07, 6.45) is 0. The second-order valence-corrected chi connectivity index (χ2v) is 5.87. The van der Waals surface area contributed by atoms with E-state index in [9.17, 15) is 8.78 Å². The first kappa shape index (κ1) is 13.9. The van der Waals surface area contributed by atoms with E-state index in [1.54, 1.807) is 0 Å². The Kier molecular flexibility index (Phi) is 3.15. The summed E-state index contributed by atoms with van der Waals surface area (Å²) < 4.78 is 30.2. The van der Waals surface area contributed by atoms with Gasteiger partial charge in [-0.05, 0) is 30.7 Å². The molecular formula is C20H15F2N. The summed E-state index contributed by atoms with van der Waals surface area (Å²) in [6, 6.07) is 18.2. The monoisotopic (exact) mass is 307 g/mol.